The van der Waals surface area contributed by atoms with Crippen molar-refractivity contribution in [1.82, 2.24) is 19.2 Å². The molecule has 1 unspecified atom stereocenters. The molecule has 1 aromatic heterocycles. The molecule has 31 heavy (non-hydrogen) atoms. The third-order valence-corrected chi connectivity index (χ3v) is 7.29. The lowest BCUT2D eigenvalue weighted by atomic mass is 9.99. The van der Waals surface area contributed by atoms with Gasteiger partial charge in [-0.2, -0.15) is 4.31 Å². The summed E-state index contributed by atoms with van der Waals surface area (Å²) in [5.41, 5.74) is 1.92. The number of carbonyl (C=O) groups is 1. The Morgan fingerprint density at radius 3 is 2.55 bits per heavy atom. The van der Waals surface area contributed by atoms with E-state index in [1.165, 1.54) is 16.4 Å². The normalized spacial score (nSPS) is 17.4. The minimum atomic E-state index is -3.76. The molecular weight excluding hydrogens is 419 g/mol. The van der Waals surface area contributed by atoms with Crippen molar-refractivity contribution in [3.8, 4) is 5.69 Å². The molecular formula is C22H23FN4O3S. The molecule has 1 saturated heterocycles. The van der Waals surface area contributed by atoms with Crippen molar-refractivity contribution in [2.24, 2.45) is 5.92 Å². The van der Waals surface area contributed by atoms with Crippen LogP contribution in [0, 0.1) is 11.7 Å². The molecule has 162 valence electrons. The fourth-order valence-electron chi connectivity index (χ4n) is 3.66. The van der Waals surface area contributed by atoms with Crippen molar-refractivity contribution in [2.45, 2.75) is 24.3 Å². The number of halogens is 1. The molecule has 4 rings (SSSR count). The molecule has 2 heterocycles. The number of imidazole rings is 1. The summed E-state index contributed by atoms with van der Waals surface area (Å²) >= 11 is 0. The minimum absolute atomic E-state index is 0.0351. The zero-order valence-electron chi connectivity index (χ0n) is 16.8. The highest BCUT2D eigenvalue weighted by Gasteiger charge is 2.33. The van der Waals surface area contributed by atoms with Crippen LogP contribution in [0.3, 0.4) is 0 Å². The second kappa shape index (κ2) is 8.99. The molecule has 1 fully saturated rings. The van der Waals surface area contributed by atoms with Crippen molar-refractivity contribution in [1.29, 1.82) is 0 Å². The number of nitrogens with one attached hydrogen (secondary N) is 1. The van der Waals surface area contributed by atoms with Crippen LogP contribution in [0.2, 0.25) is 0 Å². The Kier molecular flexibility index (Phi) is 6.15. The van der Waals surface area contributed by atoms with E-state index < -0.39 is 21.8 Å². The van der Waals surface area contributed by atoms with Gasteiger partial charge in [0, 0.05) is 37.7 Å². The fourth-order valence-corrected chi connectivity index (χ4v) is 5.19. The van der Waals surface area contributed by atoms with E-state index in [4.69, 9.17) is 0 Å². The van der Waals surface area contributed by atoms with E-state index in [-0.39, 0.29) is 17.3 Å². The maximum Gasteiger partial charge on any atom is 0.243 e. The highest BCUT2D eigenvalue weighted by Crippen LogP contribution is 2.24. The summed E-state index contributed by atoms with van der Waals surface area (Å²) in [5, 5.41) is 2.91. The average molecular weight is 443 g/mol. The number of nitrogens with zero attached hydrogens (tertiary/aromatic N) is 3. The quantitative estimate of drug-likeness (QED) is 0.636. The summed E-state index contributed by atoms with van der Waals surface area (Å²) in [5.74, 6) is -1.08. The molecule has 1 amide bonds. The summed E-state index contributed by atoms with van der Waals surface area (Å²) < 4.78 is 42.0. The van der Waals surface area contributed by atoms with Gasteiger partial charge in [0.05, 0.1) is 17.1 Å². The highest BCUT2D eigenvalue weighted by atomic mass is 32.2. The Morgan fingerprint density at radius 1 is 1.13 bits per heavy atom. The van der Waals surface area contributed by atoms with Crippen LogP contribution in [-0.2, 0) is 21.4 Å². The SMILES string of the molecule is O=C(NCc1ccc(-n2ccnc2)cc1)C1CCCN(S(=O)(=O)c2ccc(F)cc2)C1. The number of piperidine rings is 1. The van der Waals surface area contributed by atoms with Crippen molar-refractivity contribution in [3.63, 3.8) is 0 Å². The third kappa shape index (κ3) is 4.83. The first-order valence-corrected chi connectivity index (χ1v) is 11.5. The van der Waals surface area contributed by atoms with Gasteiger partial charge < -0.3 is 9.88 Å². The van der Waals surface area contributed by atoms with E-state index in [0.717, 1.165) is 23.4 Å². The minimum Gasteiger partial charge on any atom is -0.352 e. The number of amides is 1. The summed E-state index contributed by atoms with van der Waals surface area (Å²) in [4.78, 5) is 16.7. The van der Waals surface area contributed by atoms with Gasteiger partial charge in [0.1, 0.15) is 5.82 Å². The van der Waals surface area contributed by atoms with Crippen molar-refractivity contribution >= 4 is 15.9 Å². The third-order valence-electron chi connectivity index (χ3n) is 5.41. The number of rotatable bonds is 6. The maximum atomic E-state index is 13.1. The Labute approximate surface area is 180 Å². The summed E-state index contributed by atoms with van der Waals surface area (Å²) in [7, 11) is -3.76. The Morgan fingerprint density at radius 2 is 1.87 bits per heavy atom. The molecule has 1 aliphatic rings. The van der Waals surface area contributed by atoms with Gasteiger partial charge >= 0.3 is 0 Å². The Balaban J connectivity index is 1.36. The van der Waals surface area contributed by atoms with Crippen LogP contribution in [-0.4, -0.2) is 41.3 Å². The Bertz CT molecular complexity index is 1130. The number of carbonyl (C=O) groups excluding carboxylic acids is 1. The predicted octanol–water partition coefficient (Wildman–Crippen LogP) is 2.73. The second-order valence-electron chi connectivity index (χ2n) is 7.51. The van der Waals surface area contributed by atoms with E-state index in [2.05, 4.69) is 10.3 Å². The first-order valence-electron chi connectivity index (χ1n) is 10.0. The average Bonchev–Trinajstić information content (AvgIpc) is 3.33. The van der Waals surface area contributed by atoms with Crippen LogP contribution in [0.25, 0.3) is 5.69 Å². The van der Waals surface area contributed by atoms with E-state index in [1.807, 2.05) is 35.0 Å². The highest BCUT2D eigenvalue weighted by molar-refractivity contribution is 7.89. The van der Waals surface area contributed by atoms with Crippen LogP contribution in [0.15, 0.2) is 72.1 Å². The molecule has 1 aliphatic heterocycles. The molecule has 7 nitrogen and oxygen atoms in total. The zero-order valence-corrected chi connectivity index (χ0v) is 17.6. The molecule has 3 aromatic rings. The second-order valence-corrected chi connectivity index (χ2v) is 9.45. The van der Waals surface area contributed by atoms with Gasteiger partial charge in [-0.25, -0.2) is 17.8 Å². The van der Waals surface area contributed by atoms with E-state index in [0.29, 0.717) is 25.9 Å². The largest absolute Gasteiger partial charge is 0.352 e. The maximum absolute atomic E-state index is 13.1. The van der Waals surface area contributed by atoms with Crippen LogP contribution in [0.4, 0.5) is 4.39 Å². The van der Waals surface area contributed by atoms with Crippen LogP contribution < -0.4 is 5.32 Å². The van der Waals surface area contributed by atoms with Crippen molar-refractivity contribution in [2.75, 3.05) is 13.1 Å². The lowest BCUT2D eigenvalue weighted by Gasteiger charge is -2.31. The van der Waals surface area contributed by atoms with Gasteiger partial charge in [0.15, 0.2) is 0 Å². The van der Waals surface area contributed by atoms with E-state index in [9.17, 15) is 17.6 Å². The smallest absolute Gasteiger partial charge is 0.243 e. The first kappa shape index (κ1) is 21.2. The van der Waals surface area contributed by atoms with Crippen LogP contribution >= 0.6 is 0 Å². The number of hydrogen-bond donors (Lipinski definition) is 1. The number of aromatic nitrogens is 2. The molecule has 9 heteroatoms. The molecule has 0 spiro atoms. The molecule has 0 radical (unpaired) electrons. The molecule has 0 aliphatic carbocycles. The zero-order chi connectivity index (χ0) is 21.8. The lowest BCUT2D eigenvalue weighted by Crippen LogP contribution is -2.45. The molecule has 0 saturated carbocycles. The molecule has 0 bridgehead atoms. The summed E-state index contributed by atoms with van der Waals surface area (Å²) in [6, 6.07) is 12.5. The van der Waals surface area contributed by atoms with Gasteiger partial charge in [-0.05, 0) is 54.8 Å². The topological polar surface area (TPSA) is 84.3 Å². The van der Waals surface area contributed by atoms with Gasteiger partial charge in [0.2, 0.25) is 15.9 Å². The van der Waals surface area contributed by atoms with Gasteiger partial charge in [-0.15, -0.1) is 0 Å². The number of sulfonamides is 1. The van der Waals surface area contributed by atoms with E-state index in [1.54, 1.807) is 12.5 Å². The predicted molar refractivity (Wildman–Crippen MR) is 113 cm³/mol. The van der Waals surface area contributed by atoms with Gasteiger partial charge in [0.25, 0.3) is 0 Å². The summed E-state index contributed by atoms with van der Waals surface area (Å²) in [6.07, 6.45) is 6.49. The standard InChI is InChI=1S/C22H23FN4O3S/c23-19-5-9-21(10-6-19)31(29,30)27-12-1-2-18(15-27)22(28)25-14-17-3-7-20(8-4-17)26-13-11-24-16-26/h3-11,13,16,18H,1-2,12,14-15H2,(H,25,28). The van der Waals surface area contributed by atoms with Crippen LogP contribution in [0.5, 0.6) is 0 Å². The summed E-state index contributed by atoms with van der Waals surface area (Å²) in [6.45, 7) is 0.828. The Hall–Kier alpha value is -3.04. The van der Waals surface area contributed by atoms with Crippen LogP contribution in [0.1, 0.15) is 18.4 Å². The fraction of sp³-hybridized carbons (Fsp3) is 0.273. The molecule has 1 atom stereocenters. The lowest BCUT2D eigenvalue weighted by molar-refractivity contribution is -0.126. The monoisotopic (exact) mass is 442 g/mol. The molecule has 1 N–H and O–H groups in total. The molecule has 2 aromatic carbocycles. The first-order chi connectivity index (χ1) is 14.9. The van der Waals surface area contributed by atoms with Crippen molar-refractivity contribution < 1.29 is 17.6 Å². The van der Waals surface area contributed by atoms with Crippen molar-refractivity contribution in [3.05, 3.63) is 78.6 Å². The number of benzene rings is 2. The number of hydrogen-bond acceptors (Lipinski definition) is 4. The van der Waals surface area contributed by atoms with Gasteiger partial charge in [-0.3, -0.25) is 4.79 Å². The van der Waals surface area contributed by atoms with E-state index >= 15 is 0 Å². The van der Waals surface area contributed by atoms with Gasteiger partial charge in [-0.1, -0.05) is 12.1 Å².